The normalized spacial score (nSPS) is 17.1. The Morgan fingerprint density at radius 3 is 2.68 bits per heavy atom. The first-order valence-electron chi connectivity index (χ1n) is 8.62. The molecule has 1 aromatic carbocycles. The topological polar surface area (TPSA) is 59.2 Å². The zero-order valence-electron chi connectivity index (χ0n) is 14.1. The third kappa shape index (κ3) is 3.34. The number of para-hydroxylation sites is 1. The minimum absolute atomic E-state index is 0.139. The molecule has 1 atom stereocenters. The van der Waals surface area contributed by atoms with E-state index >= 15 is 0 Å². The zero-order valence-corrected chi connectivity index (χ0v) is 15.8. The lowest BCUT2D eigenvalue weighted by molar-refractivity contribution is 0.0686. The second kappa shape index (κ2) is 6.86. The molecule has 6 heteroatoms. The third-order valence-corrected chi connectivity index (χ3v) is 7.17. The van der Waals surface area contributed by atoms with Gasteiger partial charge in [-0.3, -0.25) is 4.79 Å². The van der Waals surface area contributed by atoms with Gasteiger partial charge < -0.3 is 10.6 Å². The summed E-state index contributed by atoms with van der Waals surface area (Å²) in [6.45, 7) is 3.67. The number of carbonyl (C=O) groups is 1. The van der Waals surface area contributed by atoms with Gasteiger partial charge in [-0.2, -0.15) is 0 Å². The Hall–Kier alpha value is -1.76. The summed E-state index contributed by atoms with van der Waals surface area (Å²) in [6, 6.07) is 12.3. The van der Waals surface area contributed by atoms with Gasteiger partial charge in [0.25, 0.3) is 5.91 Å². The average Bonchev–Trinajstić information content (AvgIpc) is 3.27. The Kier molecular flexibility index (Phi) is 4.58. The molecule has 2 N–H and O–H groups in total. The fourth-order valence-corrected chi connectivity index (χ4v) is 5.32. The number of rotatable bonds is 3. The summed E-state index contributed by atoms with van der Waals surface area (Å²) in [4.78, 5) is 21.3. The van der Waals surface area contributed by atoms with Crippen LogP contribution in [0.2, 0.25) is 0 Å². The summed E-state index contributed by atoms with van der Waals surface area (Å²) in [7, 11) is 0. The Morgan fingerprint density at radius 2 is 1.96 bits per heavy atom. The van der Waals surface area contributed by atoms with Crippen LogP contribution < -0.4 is 5.73 Å². The van der Waals surface area contributed by atoms with Crippen molar-refractivity contribution in [3.05, 3.63) is 41.3 Å². The molecule has 1 unspecified atom stereocenters. The van der Waals surface area contributed by atoms with Gasteiger partial charge in [0.2, 0.25) is 0 Å². The number of piperidine rings is 1. The van der Waals surface area contributed by atoms with Crippen LogP contribution in [-0.4, -0.2) is 34.9 Å². The quantitative estimate of drug-likeness (QED) is 0.750. The molecule has 1 aliphatic rings. The minimum atomic E-state index is 0.139. The number of carbonyl (C=O) groups excluding carboxylic acids is 1. The molecule has 3 aromatic rings. The van der Waals surface area contributed by atoms with Gasteiger partial charge in [0.1, 0.15) is 5.01 Å². The molecule has 0 spiro atoms. The van der Waals surface area contributed by atoms with Crippen LogP contribution in [-0.2, 0) is 0 Å². The lowest BCUT2D eigenvalue weighted by Gasteiger charge is -2.33. The highest BCUT2D eigenvalue weighted by atomic mass is 32.1. The Balaban J connectivity index is 1.50. The molecular weight excluding hydrogens is 350 g/mol. The first-order valence-corrected chi connectivity index (χ1v) is 10.3. The monoisotopic (exact) mass is 371 g/mol. The van der Waals surface area contributed by atoms with E-state index in [0.717, 1.165) is 46.2 Å². The second-order valence-electron chi connectivity index (χ2n) is 6.64. The van der Waals surface area contributed by atoms with Gasteiger partial charge in [-0.25, -0.2) is 4.98 Å². The molecule has 2 aromatic heterocycles. The highest BCUT2D eigenvalue weighted by molar-refractivity contribution is 7.26. The molecule has 130 valence electrons. The number of hydrogen-bond acceptors (Lipinski definition) is 5. The van der Waals surface area contributed by atoms with Crippen molar-refractivity contribution in [2.24, 2.45) is 11.7 Å². The van der Waals surface area contributed by atoms with Gasteiger partial charge in [-0.1, -0.05) is 12.1 Å². The van der Waals surface area contributed by atoms with Crippen LogP contribution in [0.3, 0.4) is 0 Å². The van der Waals surface area contributed by atoms with Crippen LogP contribution in [0.15, 0.2) is 36.4 Å². The molecule has 1 amide bonds. The number of benzene rings is 1. The van der Waals surface area contributed by atoms with E-state index in [-0.39, 0.29) is 11.9 Å². The summed E-state index contributed by atoms with van der Waals surface area (Å²) < 4.78 is 1.18. The smallest absolute Gasteiger partial charge is 0.263 e. The number of likely N-dealkylation sites (tertiary alicyclic amines) is 1. The SMILES string of the molecule is CC(N)C1CCN(C(=O)c2ccc(-c3nc4ccccc4s3)s2)CC1. The summed E-state index contributed by atoms with van der Waals surface area (Å²) >= 11 is 3.22. The number of nitrogens with zero attached hydrogens (tertiary/aromatic N) is 2. The van der Waals surface area contributed by atoms with Crippen molar-refractivity contribution in [2.75, 3.05) is 13.1 Å². The summed E-state index contributed by atoms with van der Waals surface area (Å²) in [5.74, 6) is 0.672. The van der Waals surface area contributed by atoms with Crippen LogP contribution in [0.4, 0.5) is 0 Å². The van der Waals surface area contributed by atoms with E-state index in [4.69, 9.17) is 5.73 Å². The fourth-order valence-electron chi connectivity index (χ4n) is 3.33. The van der Waals surface area contributed by atoms with Crippen LogP contribution in [0.25, 0.3) is 20.1 Å². The lowest BCUT2D eigenvalue weighted by Crippen LogP contribution is -2.42. The van der Waals surface area contributed by atoms with Gasteiger partial charge >= 0.3 is 0 Å². The first-order chi connectivity index (χ1) is 12.1. The first kappa shape index (κ1) is 16.7. The predicted molar refractivity (Wildman–Crippen MR) is 105 cm³/mol. The van der Waals surface area contributed by atoms with Crippen molar-refractivity contribution in [1.82, 2.24) is 9.88 Å². The number of aromatic nitrogens is 1. The molecule has 0 bridgehead atoms. The Labute approximate surface area is 155 Å². The fraction of sp³-hybridized carbons (Fsp3) is 0.368. The van der Waals surface area contributed by atoms with E-state index in [1.54, 1.807) is 22.7 Å². The number of thiazole rings is 1. The maximum Gasteiger partial charge on any atom is 0.263 e. The average molecular weight is 372 g/mol. The van der Waals surface area contributed by atoms with Crippen molar-refractivity contribution in [3.63, 3.8) is 0 Å². The second-order valence-corrected chi connectivity index (χ2v) is 8.75. The van der Waals surface area contributed by atoms with Crippen LogP contribution >= 0.6 is 22.7 Å². The van der Waals surface area contributed by atoms with Crippen molar-refractivity contribution >= 4 is 38.8 Å². The predicted octanol–water partition coefficient (Wildman–Crippen LogP) is 4.22. The van der Waals surface area contributed by atoms with E-state index in [1.165, 1.54) is 4.70 Å². The molecule has 0 radical (unpaired) electrons. The number of fused-ring (bicyclic) bond motifs is 1. The number of hydrogen-bond donors (Lipinski definition) is 1. The summed E-state index contributed by atoms with van der Waals surface area (Å²) in [6.07, 6.45) is 2.00. The van der Waals surface area contributed by atoms with Crippen LogP contribution in [0.5, 0.6) is 0 Å². The third-order valence-electron chi connectivity index (χ3n) is 4.89. The molecule has 3 heterocycles. The molecule has 0 saturated carbocycles. The molecule has 1 fully saturated rings. The van der Waals surface area contributed by atoms with Gasteiger partial charge in [0.05, 0.1) is 20.0 Å². The van der Waals surface area contributed by atoms with Gasteiger partial charge in [-0.15, -0.1) is 22.7 Å². The number of thiophene rings is 1. The highest BCUT2D eigenvalue weighted by Gasteiger charge is 2.26. The lowest BCUT2D eigenvalue weighted by atomic mass is 9.91. The molecular formula is C19H21N3OS2. The molecule has 1 aliphatic heterocycles. The maximum atomic E-state index is 12.8. The standard InChI is InChI=1S/C19H21N3OS2/c1-12(20)13-8-10-22(11-9-13)19(23)17-7-6-16(24-17)18-21-14-4-2-3-5-15(14)25-18/h2-7,12-13H,8-11,20H2,1H3. The number of amides is 1. The summed E-state index contributed by atoms with van der Waals surface area (Å²) in [5.41, 5.74) is 7.01. The maximum absolute atomic E-state index is 12.8. The zero-order chi connectivity index (χ0) is 17.4. The minimum Gasteiger partial charge on any atom is -0.338 e. The highest BCUT2D eigenvalue weighted by Crippen LogP contribution is 2.35. The molecule has 4 nitrogen and oxygen atoms in total. The van der Waals surface area contributed by atoms with Gasteiger partial charge in [0, 0.05) is 19.1 Å². The van der Waals surface area contributed by atoms with Gasteiger partial charge in [-0.05, 0) is 49.9 Å². The molecule has 25 heavy (non-hydrogen) atoms. The van der Waals surface area contributed by atoms with Crippen molar-refractivity contribution < 1.29 is 4.79 Å². The van der Waals surface area contributed by atoms with Crippen LogP contribution in [0.1, 0.15) is 29.4 Å². The van der Waals surface area contributed by atoms with E-state index < -0.39 is 0 Å². The van der Waals surface area contributed by atoms with Crippen molar-refractivity contribution in [3.8, 4) is 9.88 Å². The van der Waals surface area contributed by atoms with Crippen molar-refractivity contribution in [1.29, 1.82) is 0 Å². The van der Waals surface area contributed by atoms with E-state index in [2.05, 4.69) is 18.0 Å². The Morgan fingerprint density at radius 1 is 1.20 bits per heavy atom. The van der Waals surface area contributed by atoms with Gasteiger partial charge in [0.15, 0.2) is 0 Å². The van der Waals surface area contributed by atoms with Crippen LogP contribution in [0, 0.1) is 5.92 Å². The van der Waals surface area contributed by atoms with E-state index in [9.17, 15) is 4.79 Å². The molecule has 1 saturated heterocycles. The van der Waals surface area contributed by atoms with Crippen molar-refractivity contribution in [2.45, 2.75) is 25.8 Å². The Bertz CT molecular complexity index is 858. The summed E-state index contributed by atoms with van der Waals surface area (Å²) in [5, 5.41) is 0.987. The molecule has 0 aliphatic carbocycles. The van der Waals surface area contributed by atoms with E-state index in [0.29, 0.717) is 5.92 Å². The number of nitrogens with two attached hydrogens (primary N) is 1. The van der Waals surface area contributed by atoms with E-state index in [1.807, 2.05) is 35.2 Å². The molecule has 4 rings (SSSR count). The largest absolute Gasteiger partial charge is 0.338 e.